The number of aromatic nitrogens is 1. The van der Waals surface area contributed by atoms with E-state index in [1.807, 2.05) is 58.0 Å². The molecule has 0 aliphatic carbocycles. The van der Waals surface area contributed by atoms with Gasteiger partial charge in [-0.3, -0.25) is 10.2 Å². The van der Waals surface area contributed by atoms with Gasteiger partial charge in [0.15, 0.2) is 5.84 Å². The standard InChI is InChI=1S/C22H23N5O2S/c1-12(2)21-25-27-19(23)18(20(28)24-22(27)30-21)11-15-10-13(3)26(14(15)4)16-6-8-17(29-5)9-7-16/h6-12,23H,1-5H3. The molecule has 0 bridgehead atoms. The third-order valence-electron chi connectivity index (χ3n) is 5.06. The molecule has 4 rings (SSSR count). The number of fused-ring (bicyclic) bond motifs is 1. The van der Waals surface area contributed by atoms with Crippen LogP contribution in [0.1, 0.15) is 30.8 Å². The normalized spacial score (nSPS) is 17.5. The number of nitrogens with one attached hydrogen (secondary N) is 1. The Morgan fingerprint density at radius 3 is 2.53 bits per heavy atom. The molecule has 1 aromatic carbocycles. The minimum absolute atomic E-state index is 0.0578. The van der Waals surface area contributed by atoms with Crippen molar-refractivity contribution < 1.29 is 9.53 Å². The van der Waals surface area contributed by atoms with Crippen molar-refractivity contribution in [1.29, 1.82) is 5.41 Å². The average molecular weight is 422 g/mol. The lowest BCUT2D eigenvalue weighted by Crippen LogP contribution is -2.35. The van der Waals surface area contributed by atoms with Gasteiger partial charge in [0.25, 0.3) is 5.91 Å². The van der Waals surface area contributed by atoms with Crippen LogP contribution in [0, 0.1) is 25.2 Å². The van der Waals surface area contributed by atoms with E-state index < -0.39 is 5.91 Å². The van der Waals surface area contributed by atoms with Gasteiger partial charge in [-0.15, -0.1) is 0 Å². The maximum atomic E-state index is 12.7. The number of amides is 1. The lowest BCUT2D eigenvalue weighted by Gasteiger charge is -2.20. The Bertz CT molecular complexity index is 1140. The maximum Gasteiger partial charge on any atom is 0.283 e. The van der Waals surface area contributed by atoms with Gasteiger partial charge in [-0.05, 0) is 67.6 Å². The minimum atomic E-state index is -0.409. The Labute approximate surface area is 179 Å². The Kier molecular flexibility index (Phi) is 5.11. The summed E-state index contributed by atoms with van der Waals surface area (Å²) >= 11 is 1.35. The van der Waals surface area contributed by atoms with Gasteiger partial charge in [0, 0.05) is 23.0 Å². The van der Waals surface area contributed by atoms with Crippen LogP contribution in [0.3, 0.4) is 0 Å². The SMILES string of the molecule is COc1ccc(-n2c(C)cc(C=C3C(=N)N4N=C(C(C)C)SC4=NC3=O)c2C)cc1. The summed E-state index contributed by atoms with van der Waals surface area (Å²) in [5.74, 6) is 0.654. The third kappa shape index (κ3) is 3.37. The van der Waals surface area contributed by atoms with E-state index in [1.165, 1.54) is 16.8 Å². The van der Waals surface area contributed by atoms with Crippen LogP contribution < -0.4 is 4.74 Å². The predicted molar refractivity (Wildman–Crippen MR) is 122 cm³/mol. The Morgan fingerprint density at radius 1 is 1.20 bits per heavy atom. The third-order valence-corrected chi connectivity index (χ3v) is 6.27. The molecule has 3 heterocycles. The monoisotopic (exact) mass is 421 g/mol. The van der Waals surface area contributed by atoms with Crippen LogP contribution >= 0.6 is 11.8 Å². The number of benzene rings is 1. The number of amidine groups is 2. The molecule has 2 aromatic rings. The largest absolute Gasteiger partial charge is 0.497 e. The van der Waals surface area contributed by atoms with Gasteiger partial charge in [-0.2, -0.15) is 15.1 Å². The summed E-state index contributed by atoms with van der Waals surface area (Å²) in [5.41, 5.74) is 4.11. The van der Waals surface area contributed by atoms with Crippen molar-refractivity contribution in [3.63, 3.8) is 0 Å². The summed E-state index contributed by atoms with van der Waals surface area (Å²) in [6.45, 7) is 8.07. The van der Waals surface area contributed by atoms with E-state index in [0.717, 1.165) is 33.4 Å². The number of carbonyl (C=O) groups excluding carboxylic acids is 1. The molecule has 0 saturated carbocycles. The molecule has 2 aliphatic rings. The summed E-state index contributed by atoms with van der Waals surface area (Å²) in [7, 11) is 1.64. The lowest BCUT2D eigenvalue weighted by atomic mass is 10.1. The molecule has 0 spiro atoms. The van der Waals surface area contributed by atoms with E-state index in [9.17, 15) is 4.79 Å². The second kappa shape index (κ2) is 7.60. The molecule has 1 amide bonds. The van der Waals surface area contributed by atoms with Gasteiger partial charge in [0.05, 0.1) is 12.7 Å². The summed E-state index contributed by atoms with van der Waals surface area (Å²) in [5, 5.41) is 15.8. The van der Waals surface area contributed by atoms with E-state index >= 15 is 0 Å². The van der Waals surface area contributed by atoms with Crippen LogP contribution in [0.25, 0.3) is 11.8 Å². The van der Waals surface area contributed by atoms with Crippen molar-refractivity contribution in [2.45, 2.75) is 27.7 Å². The zero-order valence-electron chi connectivity index (χ0n) is 17.6. The first-order chi connectivity index (χ1) is 14.3. The van der Waals surface area contributed by atoms with Gasteiger partial charge in [-0.1, -0.05) is 13.8 Å². The van der Waals surface area contributed by atoms with Crippen molar-refractivity contribution in [2.75, 3.05) is 7.11 Å². The van der Waals surface area contributed by atoms with E-state index in [4.69, 9.17) is 10.1 Å². The average Bonchev–Trinajstić information content (AvgIpc) is 3.26. The number of ether oxygens (including phenoxy) is 1. The van der Waals surface area contributed by atoms with Gasteiger partial charge in [0.2, 0.25) is 5.17 Å². The molecule has 0 saturated heterocycles. The quantitative estimate of drug-likeness (QED) is 0.743. The molecule has 1 N–H and O–H groups in total. The Hall–Kier alpha value is -3.13. The highest BCUT2D eigenvalue weighted by atomic mass is 32.2. The number of nitrogens with zero attached hydrogens (tertiary/aromatic N) is 4. The zero-order chi connectivity index (χ0) is 21.6. The molecular formula is C22H23N5O2S. The Morgan fingerprint density at radius 2 is 1.90 bits per heavy atom. The summed E-state index contributed by atoms with van der Waals surface area (Å²) < 4.78 is 7.35. The molecule has 7 nitrogen and oxygen atoms in total. The topological polar surface area (TPSA) is 83.0 Å². The van der Waals surface area contributed by atoms with Crippen molar-refractivity contribution in [2.24, 2.45) is 16.0 Å². The smallest absolute Gasteiger partial charge is 0.283 e. The fourth-order valence-corrected chi connectivity index (χ4v) is 4.35. The predicted octanol–water partition coefficient (Wildman–Crippen LogP) is 4.38. The second-order valence-corrected chi connectivity index (χ2v) is 8.46. The van der Waals surface area contributed by atoms with E-state index in [-0.39, 0.29) is 17.3 Å². The van der Waals surface area contributed by atoms with Gasteiger partial charge >= 0.3 is 0 Å². The summed E-state index contributed by atoms with van der Waals surface area (Å²) in [6.07, 6.45) is 1.74. The summed E-state index contributed by atoms with van der Waals surface area (Å²) in [4.78, 5) is 16.8. The molecule has 0 unspecified atom stereocenters. The number of aryl methyl sites for hydroxylation is 1. The molecule has 0 fully saturated rings. The number of hydrazone groups is 1. The lowest BCUT2D eigenvalue weighted by molar-refractivity contribution is -0.114. The fraction of sp³-hybridized carbons (Fsp3) is 0.273. The van der Waals surface area contributed by atoms with Crippen molar-refractivity contribution in [1.82, 2.24) is 9.58 Å². The number of methoxy groups -OCH3 is 1. The number of rotatable bonds is 4. The number of carbonyl (C=O) groups is 1. The molecule has 1 aromatic heterocycles. The molecular weight excluding hydrogens is 398 g/mol. The van der Waals surface area contributed by atoms with Crippen molar-refractivity contribution in [3.8, 4) is 11.4 Å². The van der Waals surface area contributed by atoms with E-state index in [0.29, 0.717) is 5.17 Å². The van der Waals surface area contributed by atoms with E-state index in [2.05, 4.69) is 14.7 Å². The molecule has 0 atom stereocenters. The molecule has 30 heavy (non-hydrogen) atoms. The highest BCUT2D eigenvalue weighted by Crippen LogP contribution is 2.31. The van der Waals surface area contributed by atoms with E-state index in [1.54, 1.807) is 13.2 Å². The van der Waals surface area contributed by atoms with Gasteiger partial charge in [0.1, 0.15) is 10.8 Å². The van der Waals surface area contributed by atoms with Crippen molar-refractivity contribution >= 4 is 39.8 Å². The second-order valence-electron chi connectivity index (χ2n) is 7.47. The van der Waals surface area contributed by atoms with Crippen LogP contribution in [0.2, 0.25) is 0 Å². The summed E-state index contributed by atoms with van der Waals surface area (Å²) in [6, 6.07) is 9.82. The van der Waals surface area contributed by atoms with Gasteiger partial charge in [-0.25, -0.2) is 0 Å². The molecule has 2 aliphatic heterocycles. The first-order valence-corrected chi connectivity index (χ1v) is 10.4. The maximum absolute atomic E-state index is 12.7. The minimum Gasteiger partial charge on any atom is -0.497 e. The first-order valence-electron chi connectivity index (χ1n) is 9.63. The number of hydrogen-bond acceptors (Lipinski definition) is 5. The first kappa shape index (κ1) is 20.2. The number of aliphatic imine (C=N–C) groups is 1. The highest BCUT2D eigenvalue weighted by Gasteiger charge is 2.36. The highest BCUT2D eigenvalue weighted by molar-refractivity contribution is 8.27. The van der Waals surface area contributed by atoms with Gasteiger partial charge < -0.3 is 9.30 Å². The number of thioether (sulfide) groups is 1. The van der Waals surface area contributed by atoms with Crippen LogP contribution in [-0.4, -0.2) is 38.6 Å². The molecule has 8 heteroatoms. The Balaban J connectivity index is 1.72. The van der Waals surface area contributed by atoms with Crippen LogP contribution in [0.4, 0.5) is 0 Å². The number of hydrogen-bond donors (Lipinski definition) is 1. The fourth-order valence-electron chi connectivity index (χ4n) is 3.46. The van der Waals surface area contributed by atoms with Crippen molar-refractivity contribution in [3.05, 3.63) is 52.9 Å². The molecule has 0 radical (unpaired) electrons. The molecule has 154 valence electrons. The van der Waals surface area contributed by atoms with Crippen LogP contribution in [0.15, 0.2) is 46.0 Å². The van der Waals surface area contributed by atoms with Crippen LogP contribution in [0.5, 0.6) is 5.75 Å². The van der Waals surface area contributed by atoms with Crippen LogP contribution in [-0.2, 0) is 4.79 Å². The zero-order valence-corrected chi connectivity index (χ0v) is 18.4.